The summed E-state index contributed by atoms with van der Waals surface area (Å²) < 4.78 is 7.50. The molecule has 0 atom stereocenters. The van der Waals surface area contributed by atoms with Gasteiger partial charge in [0.25, 0.3) is 0 Å². The van der Waals surface area contributed by atoms with Gasteiger partial charge in [-0.3, -0.25) is 4.79 Å². The second kappa shape index (κ2) is 8.71. The molecule has 0 bridgehead atoms. The zero-order chi connectivity index (χ0) is 17.9. The van der Waals surface area contributed by atoms with E-state index >= 15 is 0 Å². The van der Waals surface area contributed by atoms with Gasteiger partial charge in [0.2, 0.25) is 5.91 Å². The molecule has 0 unspecified atom stereocenters. The molecule has 0 aliphatic carbocycles. The lowest BCUT2D eigenvalue weighted by Gasteiger charge is -2.32. The summed E-state index contributed by atoms with van der Waals surface area (Å²) in [5, 5.41) is 12.1. The van der Waals surface area contributed by atoms with Crippen LogP contribution in [-0.4, -0.2) is 52.3 Å². The Balaban J connectivity index is 0.00000210. The highest BCUT2D eigenvalue weighted by atomic mass is 35.5. The molecule has 2 aliphatic heterocycles. The van der Waals surface area contributed by atoms with Crippen LogP contribution in [0, 0.1) is 0 Å². The van der Waals surface area contributed by atoms with Gasteiger partial charge in [-0.1, -0.05) is 12.1 Å². The molecular formula is C19H26ClN5O2. The number of rotatable bonds is 4. The van der Waals surface area contributed by atoms with Crippen LogP contribution in [0.5, 0.6) is 5.75 Å². The van der Waals surface area contributed by atoms with Crippen LogP contribution in [0.15, 0.2) is 24.3 Å². The number of aromatic nitrogens is 3. The normalized spacial score (nSPS) is 17.1. The number of carbonyl (C=O) groups excluding carboxylic acids is 1. The summed E-state index contributed by atoms with van der Waals surface area (Å²) in [4.78, 5) is 14.6. The van der Waals surface area contributed by atoms with Gasteiger partial charge >= 0.3 is 0 Å². The molecule has 3 heterocycles. The van der Waals surface area contributed by atoms with Crippen LogP contribution in [0.1, 0.15) is 36.0 Å². The smallest absolute Gasteiger partial charge is 0.226 e. The Hall–Kier alpha value is -2.12. The van der Waals surface area contributed by atoms with Crippen LogP contribution in [0.25, 0.3) is 0 Å². The number of hydrogen-bond donors (Lipinski definition) is 1. The second-order valence-electron chi connectivity index (χ2n) is 6.99. The zero-order valence-corrected chi connectivity index (χ0v) is 16.4. The number of piperidine rings is 1. The lowest BCUT2D eigenvalue weighted by atomic mass is 9.95. The largest absolute Gasteiger partial charge is 0.497 e. The predicted molar refractivity (Wildman–Crippen MR) is 104 cm³/mol. The van der Waals surface area contributed by atoms with Gasteiger partial charge in [0.15, 0.2) is 0 Å². The van der Waals surface area contributed by atoms with Gasteiger partial charge in [-0.2, -0.15) is 0 Å². The molecular weight excluding hydrogens is 366 g/mol. The molecule has 27 heavy (non-hydrogen) atoms. The summed E-state index contributed by atoms with van der Waals surface area (Å²) in [6.45, 7) is 4.27. The summed E-state index contributed by atoms with van der Waals surface area (Å²) >= 11 is 0. The van der Waals surface area contributed by atoms with Gasteiger partial charge in [-0.25, -0.2) is 0 Å². The van der Waals surface area contributed by atoms with E-state index in [1.807, 2.05) is 29.2 Å². The van der Waals surface area contributed by atoms with Crippen molar-refractivity contribution in [3.8, 4) is 5.75 Å². The van der Waals surface area contributed by atoms with Crippen molar-refractivity contribution in [1.82, 2.24) is 25.0 Å². The summed E-state index contributed by atoms with van der Waals surface area (Å²) in [6.07, 6.45) is 2.33. The minimum absolute atomic E-state index is 0. The molecule has 2 aliphatic rings. The van der Waals surface area contributed by atoms with E-state index in [1.54, 1.807) is 7.11 Å². The topological polar surface area (TPSA) is 72.3 Å². The average Bonchev–Trinajstić information content (AvgIpc) is 3.12. The second-order valence-corrected chi connectivity index (χ2v) is 6.99. The van der Waals surface area contributed by atoms with Gasteiger partial charge in [-0.05, 0) is 30.5 Å². The molecule has 1 saturated heterocycles. The molecule has 1 fully saturated rings. The maximum Gasteiger partial charge on any atom is 0.226 e. The third-order valence-electron chi connectivity index (χ3n) is 5.35. The zero-order valence-electron chi connectivity index (χ0n) is 15.6. The molecule has 0 radical (unpaired) electrons. The lowest BCUT2D eigenvalue weighted by molar-refractivity contribution is -0.131. The van der Waals surface area contributed by atoms with Gasteiger partial charge in [0, 0.05) is 32.1 Å². The van der Waals surface area contributed by atoms with E-state index in [9.17, 15) is 4.79 Å². The Bertz CT molecular complexity index is 786. The number of amides is 1. The highest BCUT2D eigenvalue weighted by Crippen LogP contribution is 2.28. The summed E-state index contributed by atoms with van der Waals surface area (Å²) in [6, 6.07) is 7.73. The van der Waals surface area contributed by atoms with E-state index < -0.39 is 0 Å². The van der Waals surface area contributed by atoms with Gasteiger partial charge in [0.1, 0.15) is 17.4 Å². The van der Waals surface area contributed by atoms with Crippen molar-refractivity contribution in [3.63, 3.8) is 0 Å². The first-order valence-electron chi connectivity index (χ1n) is 9.28. The van der Waals surface area contributed by atoms with E-state index in [2.05, 4.69) is 20.1 Å². The summed E-state index contributed by atoms with van der Waals surface area (Å²) in [5.41, 5.74) is 0.996. The maximum absolute atomic E-state index is 12.6. The molecule has 146 valence electrons. The van der Waals surface area contributed by atoms with Crippen molar-refractivity contribution in [3.05, 3.63) is 41.5 Å². The molecule has 7 nitrogen and oxygen atoms in total. The van der Waals surface area contributed by atoms with Crippen molar-refractivity contribution in [2.75, 3.05) is 26.7 Å². The highest BCUT2D eigenvalue weighted by Gasteiger charge is 2.28. The minimum atomic E-state index is 0. The first-order valence-corrected chi connectivity index (χ1v) is 9.28. The van der Waals surface area contributed by atoms with Gasteiger partial charge < -0.3 is 19.5 Å². The molecule has 8 heteroatoms. The van der Waals surface area contributed by atoms with E-state index in [0.29, 0.717) is 12.3 Å². The van der Waals surface area contributed by atoms with Crippen LogP contribution < -0.4 is 10.1 Å². The highest BCUT2D eigenvalue weighted by molar-refractivity contribution is 5.85. The van der Waals surface area contributed by atoms with Crippen LogP contribution in [-0.2, 0) is 24.3 Å². The number of hydrogen-bond acceptors (Lipinski definition) is 5. The molecule has 1 aromatic carbocycles. The fourth-order valence-electron chi connectivity index (χ4n) is 3.87. The van der Waals surface area contributed by atoms with E-state index in [0.717, 1.165) is 68.5 Å². The Morgan fingerprint density at radius 1 is 1.26 bits per heavy atom. The van der Waals surface area contributed by atoms with Crippen LogP contribution in [0.2, 0.25) is 0 Å². The fraction of sp³-hybridized carbons (Fsp3) is 0.526. The lowest BCUT2D eigenvalue weighted by Crippen LogP contribution is -2.39. The molecule has 1 amide bonds. The van der Waals surface area contributed by atoms with E-state index in [1.165, 1.54) is 0 Å². The van der Waals surface area contributed by atoms with Crippen molar-refractivity contribution >= 4 is 18.3 Å². The number of ether oxygens (including phenoxy) is 1. The third kappa shape index (κ3) is 4.25. The monoisotopic (exact) mass is 391 g/mol. The standard InChI is InChI=1S/C19H25N5O2.ClH/c1-26-16-4-2-3-14(11-16)12-18(25)23-8-5-15(6-9-23)19-22-21-17-13-20-7-10-24(17)19;/h2-4,11,15,20H,5-10,12-13H2,1H3;1H. The fourth-order valence-corrected chi connectivity index (χ4v) is 3.87. The molecule has 0 spiro atoms. The number of benzene rings is 1. The van der Waals surface area contributed by atoms with E-state index in [4.69, 9.17) is 4.74 Å². The maximum atomic E-state index is 12.6. The van der Waals surface area contributed by atoms with Gasteiger partial charge in [0.05, 0.1) is 20.1 Å². The van der Waals surface area contributed by atoms with Crippen molar-refractivity contribution in [1.29, 1.82) is 0 Å². The average molecular weight is 392 g/mol. The molecule has 1 aromatic heterocycles. The summed E-state index contributed by atoms with van der Waals surface area (Å²) in [5.74, 6) is 3.50. The molecule has 4 rings (SSSR count). The number of nitrogens with zero attached hydrogens (tertiary/aromatic N) is 4. The number of halogens is 1. The van der Waals surface area contributed by atoms with Crippen molar-refractivity contribution < 1.29 is 9.53 Å². The van der Waals surface area contributed by atoms with Crippen LogP contribution in [0.4, 0.5) is 0 Å². The summed E-state index contributed by atoms with van der Waals surface area (Å²) in [7, 11) is 1.64. The Morgan fingerprint density at radius 2 is 2.07 bits per heavy atom. The predicted octanol–water partition coefficient (Wildman–Crippen LogP) is 1.76. The number of carbonyl (C=O) groups is 1. The van der Waals surface area contributed by atoms with Gasteiger partial charge in [-0.15, -0.1) is 22.6 Å². The molecule has 1 N–H and O–H groups in total. The quantitative estimate of drug-likeness (QED) is 0.859. The Morgan fingerprint density at radius 3 is 2.85 bits per heavy atom. The Kier molecular flexibility index (Phi) is 6.34. The van der Waals surface area contributed by atoms with Crippen LogP contribution in [0.3, 0.4) is 0 Å². The number of likely N-dealkylation sites (tertiary alicyclic amines) is 1. The minimum Gasteiger partial charge on any atom is -0.497 e. The molecule has 0 saturated carbocycles. The number of fused-ring (bicyclic) bond motifs is 1. The van der Waals surface area contributed by atoms with E-state index in [-0.39, 0.29) is 18.3 Å². The molecule has 2 aromatic rings. The van der Waals surface area contributed by atoms with Crippen LogP contribution >= 0.6 is 12.4 Å². The first-order chi connectivity index (χ1) is 12.7. The van der Waals surface area contributed by atoms with Crippen molar-refractivity contribution in [2.45, 2.75) is 38.3 Å². The first kappa shape index (κ1) is 19.6. The third-order valence-corrected chi connectivity index (χ3v) is 5.35. The van der Waals surface area contributed by atoms with Crippen molar-refractivity contribution in [2.24, 2.45) is 0 Å². The number of methoxy groups -OCH3 is 1. The Labute approximate surface area is 165 Å². The SMILES string of the molecule is COc1cccc(CC(=O)N2CCC(c3nnc4n3CCNC4)CC2)c1.Cl. The number of nitrogens with one attached hydrogen (secondary N) is 1.